The Morgan fingerprint density at radius 1 is 1.06 bits per heavy atom. The average Bonchev–Trinajstić information content (AvgIpc) is 2.81. The molecule has 0 amide bonds. The number of hydrogen-bond acceptors (Lipinski definition) is 7. The van der Waals surface area contributed by atoms with Gasteiger partial charge in [-0.15, -0.1) is 11.8 Å². The van der Waals surface area contributed by atoms with Crippen molar-refractivity contribution >= 4 is 31.6 Å². The van der Waals surface area contributed by atoms with Crippen LogP contribution in [-0.2, 0) is 26.3 Å². The van der Waals surface area contributed by atoms with Crippen LogP contribution in [0.25, 0.3) is 0 Å². The van der Waals surface area contributed by atoms with Crippen molar-refractivity contribution in [3.05, 3.63) is 54.1 Å². The Kier molecular flexibility index (Phi) is 9.50. The summed E-state index contributed by atoms with van der Waals surface area (Å²) in [5.74, 6) is 0.313. The van der Waals surface area contributed by atoms with E-state index in [0.717, 1.165) is 17.0 Å². The Bertz CT molecular complexity index is 1230. The number of thioether (sulfide) groups is 1. The van der Waals surface area contributed by atoms with Crippen molar-refractivity contribution < 1.29 is 35.1 Å². The summed E-state index contributed by atoms with van der Waals surface area (Å²) >= 11 is 1.52. The summed E-state index contributed by atoms with van der Waals surface area (Å²) in [6.07, 6.45) is 1.54. The molecular formula is C23H29F3N2O5S3. The van der Waals surface area contributed by atoms with Crippen molar-refractivity contribution in [2.24, 2.45) is 11.1 Å². The summed E-state index contributed by atoms with van der Waals surface area (Å²) in [5.41, 5.74) is -5.70. The first kappa shape index (κ1) is 28.9. The SMILES string of the molecule is NS(=O)(=O)c1ccc(C[C@H](CCN2CCC(O)CC2)CSc2ccccc2)c(S(=O)(=O)C(F)(F)F)c1. The minimum atomic E-state index is -5.81. The minimum absolute atomic E-state index is 0.00579. The molecule has 1 aliphatic rings. The van der Waals surface area contributed by atoms with Crippen molar-refractivity contribution in [1.29, 1.82) is 0 Å². The van der Waals surface area contributed by atoms with Gasteiger partial charge in [-0.1, -0.05) is 24.3 Å². The molecule has 7 nitrogen and oxygen atoms in total. The average molecular weight is 567 g/mol. The third-order valence-corrected chi connectivity index (χ3v) is 9.83. The lowest BCUT2D eigenvalue weighted by atomic mass is 9.97. The summed E-state index contributed by atoms with van der Waals surface area (Å²) in [6, 6.07) is 12.1. The Morgan fingerprint density at radius 2 is 1.69 bits per heavy atom. The zero-order chi connectivity index (χ0) is 26.6. The maximum absolute atomic E-state index is 13.5. The molecule has 1 atom stereocenters. The van der Waals surface area contributed by atoms with Crippen LogP contribution in [0.2, 0.25) is 0 Å². The quantitative estimate of drug-likeness (QED) is 0.423. The molecule has 1 aliphatic heterocycles. The van der Waals surface area contributed by atoms with Gasteiger partial charge in [0.05, 0.1) is 15.9 Å². The molecule has 0 aromatic heterocycles. The molecule has 1 fully saturated rings. The number of halogens is 3. The molecule has 3 rings (SSSR count). The number of sulfone groups is 1. The van der Waals surface area contributed by atoms with E-state index in [2.05, 4.69) is 4.90 Å². The first-order chi connectivity index (χ1) is 16.8. The van der Waals surface area contributed by atoms with Crippen molar-refractivity contribution in [2.75, 3.05) is 25.4 Å². The van der Waals surface area contributed by atoms with Crippen LogP contribution in [0.5, 0.6) is 0 Å². The van der Waals surface area contributed by atoms with Crippen LogP contribution in [0.1, 0.15) is 24.8 Å². The zero-order valence-corrected chi connectivity index (χ0v) is 21.8. The van der Waals surface area contributed by atoms with E-state index in [9.17, 15) is 35.1 Å². The predicted molar refractivity (Wildman–Crippen MR) is 132 cm³/mol. The summed E-state index contributed by atoms with van der Waals surface area (Å²) in [5, 5.41) is 14.8. The topological polar surface area (TPSA) is 118 Å². The van der Waals surface area contributed by atoms with Crippen molar-refractivity contribution in [2.45, 2.75) is 52.0 Å². The van der Waals surface area contributed by atoms with Gasteiger partial charge in [-0.3, -0.25) is 0 Å². The number of alkyl halides is 3. The summed E-state index contributed by atoms with van der Waals surface area (Å²) in [4.78, 5) is 1.36. The summed E-state index contributed by atoms with van der Waals surface area (Å²) in [7, 11) is -10.2. The Morgan fingerprint density at radius 3 is 2.28 bits per heavy atom. The smallest absolute Gasteiger partial charge is 0.393 e. The number of likely N-dealkylation sites (tertiary alicyclic amines) is 1. The molecule has 0 aliphatic carbocycles. The fourth-order valence-electron chi connectivity index (χ4n) is 4.05. The van der Waals surface area contributed by atoms with Gasteiger partial charge in [0.1, 0.15) is 0 Å². The highest BCUT2D eigenvalue weighted by atomic mass is 32.2. The van der Waals surface area contributed by atoms with Gasteiger partial charge in [0.25, 0.3) is 9.84 Å². The molecule has 13 heteroatoms. The van der Waals surface area contributed by atoms with Gasteiger partial charge < -0.3 is 10.0 Å². The first-order valence-electron chi connectivity index (χ1n) is 11.3. The second-order valence-electron chi connectivity index (χ2n) is 8.82. The van der Waals surface area contributed by atoms with Gasteiger partial charge in [-0.25, -0.2) is 22.0 Å². The molecular weight excluding hydrogens is 537 g/mol. The monoisotopic (exact) mass is 566 g/mol. The second-order valence-corrected chi connectivity index (χ2v) is 13.4. The van der Waals surface area contributed by atoms with E-state index >= 15 is 0 Å². The lowest BCUT2D eigenvalue weighted by Gasteiger charge is -2.31. The Balaban J connectivity index is 1.89. The van der Waals surface area contributed by atoms with Gasteiger partial charge in [0, 0.05) is 23.7 Å². The fourth-order valence-corrected chi connectivity index (χ4v) is 6.75. The number of rotatable bonds is 10. The van der Waals surface area contributed by atoms with E-state index in [1.807, 2.05) is 30.3 Å². The van der Waals surface area contributed by atoms with Crippen LogP contribution >= 0.6 is 11.8 Å². The number of benzene rings is 2. The molecule has 0 saturated carbocycles. The van der Waals surface area contributed by atoms with E-state index in [-0.39, 0.29) is 24.0 Å². The lowest BCUT2D eigenvalue weighted by molar-refractivity contribution is -0.0436. The molecule has 0 unspecified atom stereocenters. The highest BCUT2D eigenvalue weighted by Gasteiger charge is 2.48. The van der Waals surface area contributed by atoms with Gasteiger partial charge in [0.15, 0.2) is 0 Å². The number of nitrogens with zero attached hydrogens (tertiary/aromatic N) is 1. The zero-order valence-electron chi connectivity index (χ0n) is 19.4. The van der Waals surface area contributed by atoms with E-state index in [0.29, 0.717) is 50.7 Å². The Labute approximate surface area is 213 Å². The van der Waals surface area contributed by atoms with Crippen molar-refractivity contribution in [3.63, 3.8) is 0 Å². The standard InChI is InChI=1S/C23H29F3N2O5S3/c24-23(25,26)35(30,31)22-15-21(36(27,32)33)7-6-18(22)14-17(16-34-20-4-2-1-3-5-20)8-11-28-12-9-19(29)10-13-28/h1-7,15,17,19,29H,8-14,16H2,(H2,27,32,33)/t17-/m0/s1. The maximum Gasteiger partial charge on any atom is 0.501 e. The number of aliphatic hydroxyl groups excluding tert-OH is 1. The van der Waals surface area contributed by atoms with E-state index in [4.69, 9.17) is 5.14 Å². The lowest BCUT2D eigenvalue weighted by Crippen LogP contribution is -2.37. The number of sulfonamides is 1. The van der Waals surface area contributed by atoms with E-state index in [1.54, 1.807) is 0 Å². The van der Waals surface area contributed by atoms with Crippen LogP contribution < -0.4 is 5.14 Å². The molecule has 36 heavy (non-hydrogen) atoms. The number of hydrogen-bond donors (Lipinski definition) is 2. The predicted octanol–water partition coefficient (Wildman–Crippen LogP) is 3.43. The molecule has 2 aromatic rings. The molecule has 200 valence electrons. The molecule has 2 aromatic carbocycles. The summed E-state index contributed by atoms with van der Waals surface area (Å²) < 4.78 is 88.5. The number of primary sulfonamides is 1. The first-order valence-corrected chi connectivity index (χ1v) is 15.3. The third-order valence-electron chi connectivity index (χ3n) is 6.11. The van der Waals surface area contributed by atoms with Crippen LogP contribution in [0.4, 0.5) is 13.2 Å². The molecule has 1 saturated heterocycles. The largest absolute Gasteiger partial charge is 0.501 e. The highest BCUT2D eigenvalue weighted by Crippen LogP contribution is 2.35. The van der Waals surface area contributed by atoms with E-state index < -0.39 is 35.2 Å². The normalized spacial score (nSPS) is 17.2. The molecule has 0 spiro atoms. The molecule has 0 radical (unpaired) electrons. The van der Waals surface area contributed by atoms with Gasteiger partial charge in [-0.2, -0.15) is 13.2 Å². The number of aliphatic hydroxyl groups is 1. The van der Waals surface area contributed by atoms with Crippen LogP contribution in [0, 0.1) is 5.92 Å². The minimum Gasteiger partial charge on any atom is -0.393 e. The van der Waals surface area contributed by atoms with Crippen LogP contribution in [-0.4, -0.2) is 63.8 Å². The van der Waals surface area contributed by atoms with Crippen molar-refractivity contribution in [1.82, 2.24) is 4.90 Å². The van der Waals surface area contributed by atoms with E-state index in [1.165, 1.54) is 11.8 Å². The number of piperidine rings is 1. The maximum atomic E-state index is 13.5. The van der Waals surface area contributed by atoms with Gasteiger partial charge >= 0.3 is 5.51 Å². The molecule has 0 bridgehead atoms. The molecule has 1 heterocycles. The Hall–Kier alpha value is -1.64. The number of nitrogens with two attached hydrogens (primary N) is 1. The van der Waals surface area contributed by atoms with Crippen molar-refractivity contribution in [3.8, 4) is 0 Å². The van der Waals surface area contributed by atoms with Crippen LogP contribution in [0.3, 0.4) is 0 Å². The van der Waals surface area contributed by atoms with Gasteiger partial charge in [-0.05, 0) is 68.0 Å². The third kappa shape index (κ3) is 7.68. The van der Waals surface area contributed by atoms with Gasteiger partial charge in [0.2, 0.25) is 10.0 Å². The summed E-state index contributed by atoms with van der Waals surface area (Å²) in [6.45, 7) is 2.05. The van der Waals surface area contributed by atoms with Crippen LogP contribution in [0.15, 0.2) is 63.2 Å². The highest BCUT2D eigenvalue weighted by molar-refractivity contribution is 7.99. The fraction of sp³-hybridized carbons (Fsp3) is 0.478. The molecule has 3 N–H and O–H groups in total. The second kappa shape index (κ2) is 11.8.